The zero-order chi connectivity index (χ0) is 22.3. The second-order valence-electron chi connectivity index (χ2n) is 7.63. The van der Waals surface area contributed by atoms with Crippen molar-refractivity contribution in [3.63, 3.8) is 0 Å². The molecule has 0 aliphatic carbocycles. The summed E-state index contributed by atoms with van der Waals surface area (Å²) >= 11 is 0. The van der Waals surface area contributed by atoms with Crippen LogP contribution in [0.1, 0.15) is 18.2 Å². The number of furan rings is 1. The molecule has 3 aromatic rings. The number of carbonyl (C=O) groups is 2. The van der Waals surface area contributed by atoms with Gasteiger partial charge in [-0.3, -0.25) is 14.5 Å². The Morgan fingerprint density at radius 1 is 1.00 bits per heavy atom. The van der Waals surface area contributed by atoms with Crippen LogP contribution in [0, 0.1) is 0 Å². The average molecular weight is 434 g/mol. The zero-order valence-electron chi connectivity index (χ0n) is 18.1. The third-order valence-corrected chi connectivity index (χ3v) is 5.34. The Hall–Kier alpha value is -3.42. The van der Waals surface area contributed by atoms with Crippen LogP contribution < -0.4 is 10.6 Å². The summed E-state index contributed by atoms with van der Waals surface area (Å²) in [7, 11) is 0. The number of anilines is 2. The number of carbonyl (C=O) groups excluding carboxylic acids is 2. The second-order valence-corrected chi connectivity index (χ2v) is 7.63. The molecule has 0 saturated carbocycles. The number of nitrogens with one attached hydrogen (secondary N) is 2. The Kier molecular flexibility index (Phi) is 6.99. The fourth-order valence-corrected chi connectivity index (χ4v) is 3.70. The molecule has 2 amide bonds. The fraction of sp³-hybridized carbons (Fsp3) is 0.280. The maximum atomic E-state index is 12.4. The lowest BCUT2D eigenvalue weighted by Gasteiger charge is -2.25. The minimum absolute atomic E-state index is 0.0642. The van der Waals surface area contributed by atoms with Crippen molar-refractivity contribution in [1.29, 1.82) is 0 Å². The van der Waals surface area contributed by atoms with Gasteiger partial charge in [-0.25, -0.2) is 0 Å². The summed E-state index contributed by atoms with van der Waals surface area (Å²) in [5.74, 6) is 0.555. The number of nitrogens with zero attached hydrogens (tertiary/aromatic N) is 1. The average Bonchev–Trinajstić information content (AvgIpc) is 3.17. The number of ether oxygens (including phenoxy) is 1. The number of rotatable bonds is 7. The first-order valence-corrected chi connectivity index (χ1v) is 10.8. The third-order valence-electron chi connectivity index (χ3n) is 5.34. The van der Waals surface area contributed by atoms with Gasteiger partial charge in [0.2, 0.25) is 11.8 Å². The maximum absolute atomic E-state index is 12.4. The van der Waals surface area contributed by atoms with E-state index >= 15 is 0 Å². The van der Waals surface area contributed by atoms with Crippen LogP contribution in [0.4, 0.5) is 11.4 Å². The van der Waals surface area contributed by atoms with E-state index in [1.165, 1.54) is 6.08 Å². The van der Waals surface area contributed by atoms with Crippen LogP contribution in [0.3, 0.4) is 0 Å². The SMILES string of the molecule is CCc1oc2ccccc2c1/C=C/C(=O)Nc1ccc(NC(=O)CN2CCOCC2)cc1. The summed E-state index contributed by atoms with van der Waals surface area (Å²) in [5, 5.41) is 6.72. The van der Waals surface area contributed by atoms with E-state index in [2.05, 4.69) is 15.5 Å². The van der Waals surface area contributed by atoms with Crippen molar-refractivity contribution < 1.29 is 18.7 Å². The first kappa shape index (κ1) is 21.8. The van der Waals surface area contributed by atoms with Gasteiger partial charge in [0.1, 0.15) is 11.3 Å². The molecule has 1 fully saturated rings. The van der Waals surface area contributed by atoms with E-state index in [-0.39, 0.29) is 11.8 Å². The van der Waals surface area contributed by atoms with Crippen molar-refractivity contribution in [3.05, 3.63) is 65.9 Å². The van der Waals surface area contributed by atoms with E-state index in [0.717, 1.165) is 41.8 Å². The quantitative estimate of drug-likeness (QED) is 0.552. The van der Waals surface area contributed by atoms with E-state index in [9.17, 15) is 9.59 Å². The van der Waals surface area contributed by atoms with Crippen LogP contribution in [0.15, 0.2) is 59.0 Å². The fourth-order valence-electron chi connectivity index (χ4n) is 3.70. The molecule has 7 nitrogen and oxygen atoms in total. The minimum Gasteiger partial charge on any atom is -0.460 e. The summed E-state index contributed by atoms with van der Waals surface area (Å²) in [5.41, 5.74) is 3.08. The molecule has 0 spiro atoms. The van der Waals surface area contributed by atoms with E-state index in [1.807, 2.05) is 31.2 Å². The Balaban J connectivity index is 1.33. The van der Waals surface area contributed by atoms with E-state index < -0.39 is 0 Å². The van der Waals surface area contributed by atoms with Crippen LogP contribution in [0.25, 0.3) is 17.0 Å². The van der Waals surface area contributed by atoms with Gasteiger partial charge in [0, 0.05) is 47.9 Å². The summed E-state index contributed by atoms with van der Waals surface area (Å²) in [6.45, 7) is 5.21. The molecule has 166 valence electrons. The van der Waals surface area contributed by atoms with Crippen LogP contribution in [0.2, 0.25) is 0 Å². The maximum Gasteiger partial charge on any atom is 0.248 e. The summed E-state index contributed by atoms with van der Waals surface area (Å²) in [6, 6.07) is 14.9. The standard InChI is InChI=1S/C25H27N3O4/c1-2-22-21(20-5-3-4-6-23(20)32-22)11-12-24(29)26-18-7-9-19(10-8-18)27-25(30)17-28-13-15-31-16-14-28/h3-12H,2,13-17H2,1H3,(H,26,29)(H,27,30)/b12-11+. The molecular formula is C25H27N3O4. The van der Waals surface area contributed by atoms with Crippen LogP contribution in [0.5, 0.6) is 0 Å². The summed E-state index contributed by atoms with van der Waals surface area (Å²) in [4.78, 5) is 26.7. The van der Waals surface area contributed by atoms with Gasteiger partial charge >= 0.3 is 0 Å². The Bertz CT molecular complexity index is 1110. The number of aryl methyl sites for hydroxylation is 1. The molecule has 1 saturated heterocycles. The van der Waals surface area contributed by atoms with Crippen molar-refractivity contribution in [3.8, 4) is 0 Å². The summed E-state index contributed by atoms with van der Waals surface area (Å²) in [6.07, 6.45) is 4.05. The van der Waals surface area contributed by atoms with Crippen molar-refractivity contribution >= 4 is 40.2 Å². The van der Waals surface area contributed by atoms with Crippen LogP contribution >= 0.6 is 0 Å². The highest BCUT2D eigenvalue weighted by molar-refractivity contribution is 6.03. The van der Waals surface area contributed by atoms with Crippen molar-refractivity contribution in [1.82, 2.24) is 4.90 Å². The second kappa shape index (κ2) is 10.3. The molecular weight excluding hydrogens is 406 g/mol. The lowest BCUT2D eigenvalue weighted by Crippen LogP contribution is -2.41. The zero-order valence-corrected chi connectivity index (χ0v) is 18.1. The number of morpholine rings is 1. The highest BCUT2D eigenvalue weighted by Gasteiger charge is 2.14. The smallest absolute Gasteiger partial charge is 0.248 e. The number of amides is 2. The largest absolute Gasteiger partial charge is 0.460 e. The topological polar surface area (TPSA) is 83.8 Å². The number of hydrogen-bond donors (Lipinski definition) is 2. The number of benzene rings is 2. The molecule has 2 N–H and O–H groups in total. The van der Waals surface area contributed by atoms with Gasteiger partial charge in [-0.2, -0.15) is 0 Å². The predicted molar refractivity (Wildman–Crippen MR) is 126 cm³/mol. The number of hydrogen-bond acceptors (Lipinski definition) is 5. The van der Waals surface area contributed by atoms with Crippen molar-refractivity contribution in [2.45, 2.75) is 13.3 Å². The Morgan fingerprint density at radius 2 is 1.69 bits per heavy atom. The molecule has 7 heteroatoms. The lowest BCUT2D eigenvalue weighted by atomic mass is 10.1. The Morgan fingerprint density at radius 3 is 2.41 bits per heavy atom. The molecule has 0 atom stereocenters. The molecule has 1 aromatic heterocycles. The normalized spacial score (nSPS) is 14.7. The van der Waals surface area contributed by atoms with E-state index in [0.29, 0.717) is 31.1 Å². The van der Waals surface area contributed by atoms with E-state index in [4.69, 9.17) is 9.15 Å². The van der Waals surface area contributed by atoms with Crippen molar-refractivity contribution in [2.75, 3.05) is 43.5 Å². The monoisotopic (exact) mass is 433 g/mol. The highest BCUT2D eigenvalue weighted by atomic mass is 16.5. The van der Waals surface area contributed by atoms with Gasteiger partial charge in [-0.1, -0.05) is 25.1 Å². The first-order valence-electron chi connectivity index (χ1n) is 10.8. The van der Waals surface area contributed by atoms with Gasteiger partial charge in [-0.15, -0.1) is 0 Å². The van der Waals surface area contributed by atoms with Gasteiger partial charge in [-0.05, 0) is 36.4 Å². The van der Waals surface area contributed by atoms with Gasteiger partial charge in [0.15, 0.2) is 0 Å². The molecule has 0 unspecified atom stereocenters. The first-order chi connectivity index (χ1) is 15.6. The molecule has 32 heavy (non-hydrogen) atoms. The van der Waals surface area contributed by atoms with Gasteiger partial charge in [0.05, 0.1) is 19.8 Å². The number of fused-ring (bicyclic) bond motifs is 1. The molecule has 4 rings (SSSR count). The van der Waals surface area contributed by atoms with Gasteiger partial charge < -0.3 is 19.8 Å². The molecule has 1 aliphatic heterocycles. The lowest BCUT2D eigenvalue weighted by molar-refractivity contribution is -0.118. The Labute approximate surface area is 187 Å². The predicted octanol–water partition coefficient (Wildman–Crippen LogP) is 3.92. The molecule has 0 bridgehead atoms. The minimum atomic E-state index is -0.235. The third kappa shape index (κ3) is 5.43. The molecule has 1 aliphatic rings. The van der Waals surface area contributed by atoms with Crippen LogP contribution in [-0.2, 0) is 20.7 Å². The highest BCUT2D eigenvalue weighted by Crippen LogP contribution is 2.27. The molecule has 2 aromatic carbocycles. The van der Waals surface area contributed by atoms with Crippen LogP contribution in [-0.4, -0.2) is 49.6 Å². The number of para-hydroxylation sites is 1. The van der Waals surface area contributed by atoms with E-state index in [1.54, 1.807) is 30.3 Å². The van der Waals surface area contributed by atoms with Gasteiger partial charge in [0.25, 0.3) is 0 Å². The summed E-state index contributed by atoms with van der Waals surface area (Å²) < 4.78 is 11.2. The molecule has 0 radical (unpaired) electrons. The molecule has 2 heterocycles. The van der Waals surface area contributed by atoms with Crippen molar-refractivity contribution in [2.24, 2.45) is 0 Å².